The van der Waals surface area contributed by atoms with Crippen molar-refractivity contribution in [2.24, 2.45) is 7.05 Å². The molecule has 0 saturated carbocycles. The number of alkyl halides is 3. The maximum Gasteiger partial charge on any atom is 0.453 e. The van der Waals surface area contributed by atoms with Crippen LogP contribution in [0.3, 0.4) is 0 Å². The zero-order valence-electron chi connectivity index (χ0n) is 11.8. The number of rotatable bonds is 3. The van der Waals surface area contributed by atoms with Gasteiger partial charge >= 0.3 is 6.18 Å². The van der Waals surface area contributed by atoms with Gasteiger partial charge < -0.3 is 0 Å². The molecule has 0 atom stereocenters. The topological polar surface area (TPSA) is 107 Å². The summed E-state index contributed by atoms with van der Waals surface area (Å²) in [6.45, 7) is 0. The van der Waals surface area contributed by atoms with Crippen molar-refractivity contribution in [2.75, 3.05) is 11.6 Å². The van der Waals surface area contributed by atoms with E-state index >= 15 is 0 Å². The summed E-state index contributed by atoms with van der Waals surface area (Å²) in [6, 6.07) is 2.29. The molecule has 12 heteroatoms. The lowest BCUT2D eigenvalue weighted by molar-refractivity contribution is -0.144. The summed E-state index contributed by atoms with van der Waals surface area (Å²) in [5.41, 5.74) is -0.0473. The molecule has 0 spiro atoms. The number of carbonyl (C=O) groups is 1. The highest BCUT2D eigenvalue weighted by atomic mass is 32.2. The average Bonchev–Trinajstić information content (AvgIpc) is 2.79. The van der Waals surface area contributed by atoms with E-state index in [9.17, 15) is 26.4 Å². The number of hydrogen-bond donors (Lipinski definition) is 1. The zero-order chi connectivity index (χ0) is 17.4. The van der Waals surface area contributed by atoms with E-state index in [1.165, 1.54) is 13.1 Å². The molecule has 8 nitrogen and oxygen atoms in total. The first kappa shape index (κ1) is 16.9. The van der Waals surface area contributed by atoms with E-state index in [-0.39, 0.29) is 10.6 Å². The van der Waals surface area contributed by atoms with Crippen molar-refractivity contribution in [1.82, 2.24) is 19.7 Å². The maximum atomic E-state index is 12.5. The minimum absolute atomic E-state index is 0.0473. The monoisotopic (exact) mass is 349 g/mol. The van der Waals surface area contributed by atoms with Crippen LogP contribution in [-0.4, -0.2) is 40.3 Å². The molecule has 0 fully saturated rings. The van der Waals surface area contributed by atoms with Gasteiger partial charge in [0.1, 0.15) is 0 Å². The van der Waals surface area contributed by atoms with Gasteiger partial charge in [0.2, 0.25) is 5.95 Å². The Morgan fingerprint density at radius 3 is 2.39 bits per heavy atom. The second-order valence-corrected chi connectivity index (χ2v) is 6.45. The predicted molar refractivity (Wildman–Crippen MR) is 71.3 cm³/mol. The van der Waals surface area contributed by atoms with Gasteiger partial charge in [0.25, 0.3) is 11.7 Å². The Kier molecular flexibility index (Phi) is 4.11. The number of nitrogens with zero attached hydrogens (tertiary/aromatic N) is 4. The van der Waals surface area contributed by atoms with Gasteiger partial charge in [0, 0.05) is 19.5 Å². The highest BCUT2D eigenvalue weighted by molar-refractivity contribution is 7.90. The molecule has 1 N–H and O–H groups in total. The highest BCUT2D eigenvalue weighted by Gasteiger charge is 2.37. The first-order chi connectivity index (χ1) is 10.5. The summed E-state index contributed by atoms with van der Waals surface area (Å²) >= 11 is 0. The number of sulfone groups is 1. The number of amides is 1. The van der Waals surface area contributed by atoms with Crippen molar-refractivity contribution in [3.05, 3.63) is 29.7 Å². The molecule has 0 aromatic carbocycles. The molecule has 0 aliphatic heterocycles. The van der Waals surface area contributed by atoms with Crippen LogP contribution in [0, 0.1) is 0 Å². The zero-order valence-corrected chi connectivity index (χ0v) is 12.6. The van der Waals surface area contributed by atoms with E-state index in [1.54, 1.807) is 0 Å². The van der Waals surface area contributed by atoms with Crippen molar-refractivity contribution in [3.8, 4) is 0 Å². The van der Waals surface area contributed by atoms with E-state index < -0.39 is 33.7 Å². The fourth-order valence-corrected chi connectivity index (χ4v) is 2.08. The number of nitrogens with one attached hydrogen (secondary N) is 1. The SMILES string of the molecule is Cn1nc(C(F)(F)F)nc1NC(=O)c1ccc(S(C)(=O)=O)nc1. The Labute approximate surface area is 128 Å². The number of halogens is 3. The molecule has 0 bridgehead atoms. The fraction of sp³-hybridized carbons (Fsp3) is 0.273. The summed E-state index contributed by atoms with van der Waals surface area (Å²) in [7, 11) is -2.33. The quantitative estimate of drug-likeness (QED) is 0.882. The first-order valence-corrected chi connectivity index (χ1v) is 7.83. The van der Waals surface area contributed by atoms with Crippen LogP contribution in [0.25, 0.3) is 0 Å². The molecule has 0 aliphatic rings. The van der Waals surface area contributed by atoms with Crippen LogP contribution >= 0.6 is 0 Å². The Hall–Kier alpha value is -2.50. The number of anilines is 1. The number of hydrogen-bond acceptors (Lipinski definition) is 6. The number of carbonyl (C=O) groups excluding carboxylic acids is 1. The molecule has 0 unspecified atom stereocenters. The van der Waals surface area contributed by atoms with Gasteiger partial charge in [-0.25, -0.2) is 18.1 Å². The van der Waals surface area contributed by atoms with Crippen LogP contribution in [0.1, 0.15) is 16.2 Å². The molecular formula is C11H10F3N5O3S. The molecular weight excluding hydrogens is 339 g/mol. The molecule has 2 aromatic heterocycles. The van der Waals surface area contributed by atoms with E-state index in [4.69, 9.17) is 0 Å². The van der Waals surface area contributed by atoms with Crippen LogP contribution in [0.15, 0.2) is 23.4 Å². The Morgan fingerprint density at radius 1 is 1.30 bits per heavy atom. The van der Waals surface area contributed by atoms with Crippen LogP contribution in [-0.2, 0) is 23.1 Å². The van der Waals surface area contributed by atoms with Crippen molar-refractivity contribution in [3.63, 3.8) is 0 Å². The second-order valence-electron chi connectivity index (χ2n) is 4.49. The number of aryl methyl sites for hydroxylation is 1. The van der Waals surface area contributed by atoms with Crippen molar-refractivity contribution < 1.29 is 26.4 Å². The molecule has 1 amide bonds. The number of aromatic nitrogens is 4. The lowest BCUT2D eigenvalue weighted by atomic mass is 10.3. The van der Waals surface area contributed by atoms with Crippen LogP contribution < -0.4 is 5.32 Å². The largest absolute Gasteiger partial charge is 0.453 e. The van der Waals surface area contributed by atoms with Crippen molar-refractivity contribution in [1.29, 1.82) is 0 Å². The Morgan fingerprint density at radius 2 is 1.96 bits per heavy atom. The van der Waals surface area contributed by atoms with Crippen molar-refractivity contribution in [2.45, 2.75) is 11.2 Å². The predicted octanol–water partition coefficient (Wildman–Crippen LogP) is 0.885. The van der Waals surface area contributed by atoms with Crippen LogP contribution in [0.2, 0.25) is 0 Å². The van der Waals surface area contributed by atoms with Gasteiger partial charge in [-0.3, -0.25) is 10.1 Å². The van der Waals surface area contributed by atoms with E-state index in [0.717, 1.165) is 23.2 Å². The Bertz CT molecular complexity index is 843. The van der Waals surface area contributed by atoms with Gasteiger partial charge in [-0.05, 0) is 12.1 Å². The second kappa shape index (κ2) is 5.61. The molecule has 0 saturated heterocycles. The summed E-state index contributed by atoms with van der Waals surface area (Å²) in [5.74, 6) is -2.60. The summed E-state index contributed by atoms with van der Waals surface area (Å²) < 4.78 is 60.7. The standard InChI is InChI=1S/C11H10F3N5O3S/c1-19-10(17-9(18-19)11(12,13)14)16-8(20)6-3-4-7(15-5-6)23(2,21)22/h3-5H,1-2H3,(H,16,17,18,20). The van der Waals surface area contributed by atoms with Gasteiger partial charge in [-0.1, -0.05) is 0 Å². The minimum Gasteiger partial charge on any atom is -0.291 e. The summed E-state index contributed by atoms with van der Waals surface area (Å²) in [5, 5.41) is 5.05. The third-order valence-electron chi connectivity index (χ3n) is 2.62. The van der Waals surface area contributed by atoms with Gasteiger partial charge in [-0.2, -0.15) is 18.2 Å². The average molecular weight is 349 g/mol. The van der Waals surface area contributed by atoms with Crippen LogP contribution in [0.4, 0.5) is 19.1 Å². The maximum absolute atomic E-state index is 12.5. The summed E-state index contributed by atoms with van der Waals surface area (Å²) in [6.07, 6.45) is -2.79. The normalized spacial score (nSPS) is 12.2. The highest BCUT2D eigenvalue weighted by Crippen LogP contribution is 2.27. The van der Waals surface area contributed by atoms with Crippen molar-refractivity contribution >= 4 is 21.7 Å². The molecule has 124 valence electrons. The Balaban J connectivity index is 2.21. The molecule has 2 rings (SSSR count). The third-order valence-corrected chi connectivity index (χ3v) is 3.62. The third kappa shape index (κ3) is 3.83. The van der Waals surface area contributed by atoms with Gasteiger partial charge in [-0.15, -0.1) is 5.10 Å². The van der Waals surface area contributed by atoms with E-state index in [2.05, 4.69) is 20.4 Å². The first-order valence-electron chi connectivity index (χ1n) is 5.94. The molecule has 0 aliphatic carbocycles. The van der Waals surface area contributed by atoms with E-state index in [1.807, 2.05) is 0 Å². The number of pyridine rings is 1. The smallest absolute Gasteiger partial charge is 0.291 e. The molecule has 0 radical (unpaired) electrons. The minimum atomic E-state index is -4.74. The van der Waals surface area contributed by atoms with Gasteiger partial charge in [0.15, 0.2) is 14.9 Å². The fourth-order valence-electron chi connectivity index (χ4n) is 1.52. The van der Waals surface area contributed by atoms with Gasteiger partial charge in [0.05, 0.1) is 5.56 Å². The lowest BCUT2D eigenvalue weighted by Crippen LogP contribution is -2.16. The molecule has 2 aromatic rings. The molecule has 23 heavy (non-hydrogen) atoms. The lowest BCUT2D eigenvalue weighted by Gasteiger charge is -2.04. The van der Waals surface area contributed by atoms with Crippen LogP contribution in [0.5, 0.6) is 0 Å². The summed E-state index contributed by atoms with van der Waals surface area (Å²) in [4.78, 5) is 18.7. The van der Waals surface area contributed by atoms with E-state index in [0.29, 0.717) is 0 Å². The molecule has 2 heterocycles.